The van der Waals surface area contributed by atoms with Gasteiger partial charge in [0.25, 0.3) is 0 Å². The largest absolute Gasteiger partial charge is 0.349 e. The molecular weight excluding hydrogens is 226 g/mol. The van der Waals surface area contributed by atoms with Gasteiger partial charge in [0.15, 0.2) is 5.65 Å². The highest BCUT2D eigenvalue weighted by molar-refractivity contribution is 5.50. The summed E-state index contributed by atoms with van der Waals surface area (Å²) in [5.41, 5.74) is 2.07. The van der Waals surface area contributed by atoms with Crippen LogP contribution in [0.1, 0.15) is 25.3 Å². The summed E-state index contributed by atoms with van der Waals surface area (Å²) < 4.78 is 1.83. The van der Waals surface area contributed by atoms with Crippen molar-refractivity contribution < 1.29 is 0 Å². The summed E-state index contributed by atoms with van der Waals surface area (Å²) in [6.07, 6.45) is 4.31. The van der Waals surface area contributed by atoms with E-state index >= 15 is 0 Å². The van der Waals surface area contributed by atoms with E-state index in [1.807, 2.05) is 16.8 Å². The molecule has 1 saturated heterocycles. The average molecular weight is 245 g/mol. The van der Waals surface area contributed by atoms with Crippen LogP contribution in [0.3, 0.4) is 0 Å². The number of hydrogen-bond donors (Lipinski definition) is 2. The SMILES string of the molecule is Cc1cccn2nc(NC3CCCNC3C)nc12. The van der Waals surface area contributed by atoms with Crippen molar-refractivity contribution in [1.82, 2.24) is 19.9 Å². The number of fused-ring (bicyclic) bond motifs is 1. The first-order valence-corrected chi connectivity index (χ1v) is 6.56. The molecule has 3 heterocycles. The summed E-state index contributed by atoms with van der Waals surface area (Å²) in [6, 6.07) is 4.92. The third-order valence-corrected chi connectivity index (χ3v) is 3.63. The summed E-state index contributed by atoms with van der Waals surface area (Å²) in [5, 5.41) is 11.4. The maximum absolute atomic E-state index is 4.55. The molecule has 2 aromatic heterocycles. The number of hydrogen-bond acceptors (Lipinski definition) is 4. The highest BCUT2D eigenvalue weighted by Crippen LogP contribution is 2.15. The Labute approximate surface area is 107 Å². The van der Waals surface area contributed by atoms with E-state index in [1.54, 1.807) is 0 Å². The molecule has 2 atom stereocenters. The lowest BCUT2D eigenvalue weighted by Crippen LogP contribution is -2.46. The molecule has 2 unspecified atom stereocenters. The molecule has 0 aliphatic carbocycles. The van der Waals surface area contributed by atoms with Crippen LogP contribution in [-0.4, -0.2) is 33.2 Å². The molecule has 5 heteroatoms. The van der Waals surface area contributed by atoms with Crippen molar-refractivity contribution in [2.75, 3.05) is 11.9 Å². The Kier molecular flexibility index (Phi) is 2.91. The zero-order valence-corrected chi connectivity index (χ0v) is 10.8. The summed E-state index contributed by atoms with van der Waals surface area (Å²) in [4.78, 5) is 4.55. The van der Waals surface area contributed by atoms with E-state index in [0.717, 1.165) is 23.7 Å². The van der Waals surface area contributed by atoms with Crippen molar-refractivity contribution >= 4 is 11.6 Å². The van der Waals surface area contributed by atoms with E-state index < -0.39 is 0 Å². The molecule has 18 heavy (non-hydrogen) atoms. The van der Waals surface area contributed by atoms with Crippen molar-refractivity contribution in [3.05, 3.63) is 23.9 Å². The maximum Gasteiger partial charge on any atom is 0.243 e. The van der Waals surface area contributed by atoms with Gasteiger partial charge in [0, 0.05) is 18.3 Å². The van der Waals surface area contributed by atoms with E-state index in [0.29, 0.717) is 12.1 Å². The molecule has 0 amide bonds. The quantitative estimate of drug-likeness (QED) is 0.843. The average Bonchev–Trinajstić information content (AvgIpc) is 2.76. The molecule has 1 aliphatic rings. The number of anilines is 1. The van der Waals surface area contributed by atoms with Gasteiger partial charge < -0.3 is 10.6 Å². The molecule has 0 saturated carbocycles. The zero-order valence-electron chi connectivity index (χ0n) is 10.8. The number of aryl methyl sites for hydroxylation is 1. The lowest BCUT2D eigenvalue weighted by Gasteiger charge is -2.30. The van der Waals surface area contributed by atoms with Gasteiger partial charge in [-0.15, -0.1) is 5.10 Å². The first kappa shape index (κ1) is 11.5. The number of nitrogens with zero attached hydrogens (tertiary/aromatic N) is 3. The normalized spacial score (nSPS) is 24.3. The summed E-state index contributed by atoms with van der Waals surface area (Å²) in [5.74, 6) is 0.727. The molecule has 5 nitrogen and oxygen atoms in total. The number of rotatable bonds is 2. The van der Waals surface area contributed by atoms with E-state index in [4.69, 9.17) is 0 Å². The second kappa shape index (κ2) is 4.57. The van der Waals surface area contributed by atoms with E-state index in [9.17, 15) is 0 Å². The first-order valence-electron chi connectivity index (χ1n) is 6.56. The number of aromatic nitrogens is 3. The first-order chi connectivity index (χ1) is 8.74. The molecule has 0 radical (unpaired) electrons. The van der Waals surface area contributed by atoms with Gasteiger partial charge in [-0.2, -0.15) is 4.98 Å². The van der Waals surface area contributed by atoms with Crippen LogP contribution in [0.4, 0.5) is 5.95 Å². The standard InChI is InChI=1S/C13H19N5/c1-9-5-4-8-18-12(9)16-13(17-18)15-11-6-3-7-14-10(11)2/h4-5,8,10-11,14H,3,6-7H2,1-2H3,(H,15,17). The molecule has 96 valence electrons. The smallest absolute Gasteiger partial charge is 0.243 e. The molecule has 0 aromatic carbocycles. The molecule has 1 fully saturated rings. The molecule has 2 N–H and O–H groups in total. The fourth-order valence-corrected chi connectivity index (χ4v) is 2.51. The van der Waals surface area contributed by atoms with Gasteiger partial charge in [0.2, 0.25) is 5.95 Å². The van der Waals surface area contributed by atoms with Gasteiger partial charge in [0.05, 0.1) is 0 Å². The second-order valence-corrected chi connectivity index (χ2v) is 5.03. The van der Waals surface area contributed by atoms with Crippen LogP contribution >= 0.6 is 0 Å². The van der Waals surface area contributed by atoms with Gasteiger partial charge in [-0.25, -0.2) is 4.52 Å². The van der Waals surface area contributed by atoms with Gasteiger partial charge in [-0.3, -0.25) is 0 Å². The number of piperidine rings is 1. The topological polar surface area (TPSA) is 54.2 Å². The van der Waals surface area contributed by atoms with Crippen LogP contribution in [0.5, 0.6) is 0 Å². The third kappa shape index (κ3) is 2.06. The van der Waals surface area contributed by atoms with Gasteiger partial charge in [-0.05, 0) is 44.9 Å². The van der Waals surface area contributed by atoms with Crippen LogP contribution < -0.4 is 10.6 Å². The van der Waals surface area contributed by atoms with Crippen LogP contribution in [-0.2, 0) is 0 Å². The van der Waals surface area contributed by atoms with Crippen LogP contribution in [0.25, 0.3) is 5.65 Å². The Balaban J connectivity index is 1.84. The summed E-state index contributed by atoms with van der Waals surface area (Å²) in [6.45, 7) is 5.37. The minimum absolute atomic E-state index is 0.413. The Morgan fingerprint density at radius 1 is 1.50 bits per heavy atom. The second-order valence-electron chi connectivity index (χ2n) is 5.03. The Bertz CT molecular complexity index is 547. The van der Waals surface area contributed by atoms with Crippen LogP contribution in [0.15, 0.2) is 18.3 Å². The fourth-order valence-electron chi connectivity index (χ4n) is 2.51. The Morgan fingerprint density at radius 2 is 2.39 bits per heavy atom. The van der Waals surface area contributed by atoms with Gasteiger partial charge >= 0.3 is 0 Å². The van der Waals surface area contributed by atoms with Crippen molar-refractivity contribution in [1.29, 1.82) is 0 Å². The van der Waals surface area contributed by atoms with Crippen molar-refractivity contribution in [3.63, 3.8) is 0 Å². The number of pyridine rings is 1. The van der Waals surface area contributed by atoms with Gasteiger partial charge in [0.1, 0.15) is 0 Å². The molecule has 2 aromatic rings. The van der Waals surface area contributed by atoms with Gasteiger partial charge in [-0.1, -0.05) is 6.07 Å². The lowest BCUT2D eigenvalue weighted by molar-refractivity contribution is 0.388. The molecule has 0 spiro atoms. The van der Waals surface area contributed by atoms with Crippen molar-refractivity contribution in [2.45, 2.75) is 38.8 Å². The fraction of sp³-hybridized carbons (Fsp3) is 0.538. The molecule has 0 bridgehead atoms. The lowest BCUT2D eigenvalue weighted by atomic mass is 10.0. The monoisotopic (exact) mass is 245 g/mol. The van der Waals surface area contributed by atoms with E-state index in [1.165, 1.54) is 12.8 Å². The molecule has 1 aliphatic heterocycles. The van der Waals surface area contributed by atoms with Crippen LogP contribution in [0.2, 0.25) is 0 Å². The van der Waals surface area contributed by atoms with E-state index in [-0.39, 0.29) is 0 Å². The van der Waals surface area contributed by atoms with Crippen LogP contribution in [0, 0.1) is 6.92 Å². The predicted octanol–water partition coefficient (Wildman–Crippen LogP) is 1.59. The van der Waals surface area contributed by atoms with Crippen molar-refractivity contribution in [2.24, 2.45) is 0 Å². The highest BCUT2D eigenvalue weighted by atomic mass is 15.4. The Morgan fingerprint density at radius 3 is 3.17 bits per heavy atom. The molecule has 3 rings (SSSR count). The Hall–Kier alpha value is -1.62. The molecular formula is C13H19N5. The minimum atomic E-state index is 0.413. The highest BCUT2D eigenvalue weighted by Gasteiger charge is 2.21. The maximum atomic E-state index is 4.55. The zero-order chi connectivity index (χ0) is 12.5. The van der Waals surface area contributed by atoms with E-state index in [2.05, 4.69) is 40.6 Å². The predicted molar refractivity (Wildman–Crippen MR) is 71.8 cm³/mol. The summed E-state index contributed by atoms with van der Waals surface area (Å²) >= 11 is 0. The number of nitrogens with one attached hydrogen (secondary N) is 2. The summed E-state index contributed by atoms with van der Waals surface area (Å²) in [7, 11) is 0. The third-order valence-electron chi connectivity index (χ3n) is 3.63. The van der Waals surface area contributed by atoms with Crippen molar-refractivity contribution in [3.8, 4) is 0 Å². The minimum Gasteiger partial charge on any atom is -0.349 e.